The van der Waals surface area contributed by atoms with Crippen LogP contribution in [0.3, 0.4) is 0 Å². The average molecular weight is 501 g/mol. The zero-order valence-electron chi connectivity index (χ0n) is 15.6. The van der Waals surface area contributed by atoms with Crippen molar-refractivity contribution in [1.29, 1.82) is 0 Å². The average Bonchev–Trinajstić information content (AvgIpc) is 2.67. The molecule has 2 N–H and O–H groups in total. The van der Waals surface area contributed by atoms with Gasteiger partial charge in [-0.25, -0.2) is 9.59 Å². The van der Waals surface area contributed by atoms with Crippen LogP contribution in [0, 0.1) is 3.57 Å². The van der Waals surface area contributed by atoms with Crippen LogP contribution >= 0.6 is 22.6 Å². The normalized spacial score (nSPS) is 10.1. The topological polar surface area (TPSA) is 96.3 Å². The summed E-state index contributed by atoms with van der Waals surface area (Å²) in [4.78, 5) is 20.5. The molecule has 0 radical (unpaired) electrons. The minimum atomic E-state index is -1.82. The molecule has 28 heavy (non-hydrogen) atoms. The SMILES string of the molecule is CN(CCOCCOc1ccc(I)cc1)Cc1ccccc1.O=C(O)C(=O)O. The van der Waals surface area contributed by atoms with Gasteiger partial charge in [0.15, 0.2) is 0 Å². The monoisotopic (exact) mass is 501 g/mol. The van der Waals surface area contributed by atoms with E-state index in [1.807, 2.05) is 30.3 Å². The Bertz CT molecular complexity index is 696. The van der Waals surface area contributed by atoms with E-state index >= 15 is 0 Å². The molecule has 152 valence electrons. The van der Waals surface area contributed by atoms with Crippen LogP contribution in [0.1, 0.15) is 5.56 Å². The molecule has 0 saturated carbocycles. The maximum atomic E-state index is 9.10. The van der Waals surface area contributed by atoms with Gasteiger partial charge in [0, 0.05) is 16.7 Å². The second-order valence-corrected chi connectivity index (χ2v) is 6.99. The van der Waals surface area contributed by atoms with Gasteiger partial charge in [0.1, 0.15) is 12.4 Å². The fourth-order valence-corrected chi connectivity index (χ4v) is 2.41. The summed E-state index contributed by atoms with van der Waals surface area (Å²) in [5, 5.41) is 14.8. The Morgan fingerprint density at radius 3 is 2.11 bits per heavy atom. The number of likely N-dealkylation sites (N-methyl/N-ethyl adjacent to an activating group) is 1. The molecule has 0 atom stereocenters. The van der Waals surface area contributed by atoms with Gasteiger partial charge < -0.3 is 19.7 Å². The third-order valence-electron chi connectivity index (χ3n) is 3.41. The van der Waals surface area contributed by atoms with Gasteiger partial charge in [-0.3, -0.25) is 4.90 Å². The fourth-order valence-electron chi connectivity index (χ4n) is 2.05. The van der Waals surface area contributed by atoms with Crippen molar-refractivity contribution in [2.75, 3.05) is 33.4 Å². The predicted octanol–water partition coefficient (Wildman–Crippen LogP) is 2.97. The summed E-state index contributed by atoms with van der Waals surface area (Å²) < 4.78 is 12.5. The number of carboxylic acids is 2. The van der Waals surface area contributed by atoms with Crippen molar-refractivity contribution >= 4 is 34.5 Å². The first-order chi connectivity index (χ1) is 13.4. The molecule has 0 aromatic heterocycles. The number of carboxylic acid groups (broad SMARTS) is 2. The Morgan fingerprint density at radius 1 is 0.929 bits per heavy atom. The molecule has 2 aromatic rings. The third-order valence-corrected chi connectivity index (χ3v) is 4.12. The Balaban J connectivity index is 0.000000568. The highest BCUT2D eigenvalue weighted by molar-refractivity contribution is 14.1. The van der Waals surface area contributed by atoms with Crippen molar-refractivity contribution in [2.24, 2.45) is 0 Å². The van der Waals surface area contributed by atoms with E-state index in [2.05, 4.69) is 58.8 Å². The summed E-state index contributed by atoms with van der Waals surface area (Å²) in [5.41, 5.74) is 1.33. The Kier molecular flexibility index (Phi) is 11.9. The van der Waals surface area contributed by atoms with E-state index < -0.39 is 11.9 Å². The number of rotatable bonds is 9. The van der Waals surface area contributed by atoms with Gasteiger partial charge in [0.05, 0.1) is 13.2 Å². The lowest BCUT2D eigenvalue weighted by Gasteiger charge is -2.16. The third kappa shape index (κ3) is 11.5. The van der Waals surface area contributed by atoms with Crippen LogP contribution in [0.5, 0.6) is 5.75 Å². The van der Waals surface area contributed by atoms with E-state index in [1.165, 1.54) is 9.13 Å². The highest BCUT2D eigenvalue weighted by Crippen LogP contribution is 2.13. The lowest BCUT2D eigenvalue weighted by atomic mass is 10.2. The highest BCUT2D eigenvalue weighted by Gasteiger charge is 2.04. The molecular weight excluding hydrogens is 477 g/mol. The van der Waals surface area contributed by atoms with Crippen molar-refractivity contribution in [1.82, 2.24) is 4.90 Å². The first-order valence-corrected chi connectivity index (χ1v) is 9.61. The highest BCUT2D eigenvalue weighted by atomic mass is 127. The van der Waals surface area contributed by atoms with E-state index in [9.17, 15) is 0 Å². The van der Waals surface area contributed by atoms with Gasteiger partial charge in [-0.1, -0.05) is 30.3 Å². The smallest absolute Gasteiger partial charge is 0.414 e. The number of halogens is 1. The lowest BCUT2D eigenvalue weighted by Crippen LogP contribution is -2.23. The molecule has 8 heteroatoms. The molecule has 0 heterocycles. The molecule has 2 rings (SSSR count). The van der Waals surface area contributed by atoms with Crippen LogP contribution in [-0.4, -0.2) is 60.5 Å². The predicted molar refractivity (Wildman–Crippen MR) is 114 cm³/mol. The number of hydrogen-bond donors (Lipinski definition) is 2. The molecule has 0 amide bonds. The zero-order chi connectivity index (χ0) is 20.8. The van der Waals surface area contributed by atoms with Gasteiger partial charge in [-0.15, -0.1) is 0 Å². The van der Waals surface area contributed by atoms with Gasteiger partial charge in [0.25, 0.3) is 0 Å². The summed E-state index contributed by atoms with van der Waals surface area (Å²) in [6.07, 6.45) is 0. The van der Waals surface area contributed by atoms with Gasteiger partial charge >= 0.3 is 11.9 Å². The number of ether oxygens (including phenoxy) is 2. The van der Waals surface area contributed by atoms with Crippen LogP contribution < -0.4 is 4.74 Å². The molecule has 0 spiro atoms. The minimum absolute atomic E-state index is 0.586. The summed E-state index contributed by atoms with van der Waals surface area (Å²) in [7, 11) is 2.11. The summed E-state index contributed by atoms with van der Waals surface area (Å²) >= 11 is 2.28. The van der Waals surface area contributed by atoms with Crippen LogP contribution in [0.15, 0.2) is 54.6 Å². The largest absolute Gasteiger partial charge is 0.491 e. The van der Waals surface area contributed by atoms with Crippen molar-refractivity contribution in [3.8, 4) is 5.75 Å². The van der Waals surface area contributed by atoms with Crippen LogP contribution in [0.25, 0.3) is 0 Å². The fraction of sp³-hybridized carbons (Fsp3) is 0.300. The van der Waals surface area contributed by atoms with Crippen LogP contribution in [0.4, 0.5) is 0 Å². The Morgan fingerprint density at radius 2 is 1.54 bits per heavy atom. The summed E-state index contributed by atoms with van der Waals surface area (Å²) in [6.45, 7) is 3.79. The number of nitrogens with zero attached hydrogens (tertiary/aromatic N) is 1. The molecule has 0 unspecified atom stereocenters. The summed E-state index contributed by atoms with van der Waals surface area (Å²) in [5.74, 6) is -2.75. The molecule has 0 saturated heterocycles. The maximum absolute atomic E-state index is 9.10. The molecule has 0 aliphatic rings. The molecule has 0 aliphatic heterocycles. The molecule has 0 aliphatic carbocycles. The molecule has 7 nitrogen and oxygen atoms in total. The van der Waals surface area contributed by atoms with Gasteiger partial charge in [-0.2, -0.15) is 0 Å². The molecule has 2 aromatic carbocycles. The molecule has 0 bridgehead atoms. The second kappa shape index (κ2) is 13.9. The van der Waals surface area contributed by atoms with Crippen molar-refractivity contribution < 1.29 is 29.3 Å². The van der Waals surface area contributed by atoms with Crippen molar-refractivity contribution in [2.45, 2.75) is 6.54 Å². The van der Waals surface area contributed by atoms with E-state index in [-0.39, 0.29) is 0 Å². The van der Waals surface area contributed by atoms with Gasteiger partial charge in [-0.05, 0) is 59.5 Å². The molecule has 0 fully saturated rings. The standard InChI is InChI=1S/C18H22INO2.C2H2O4/c1-20(15-16-5-3-2-4-6-16)11-12-21-13-14-22-18-9-7-17(19)8-10-18;3-1(4)2(5)6/h2-10H,11-15H2,1H3;(H,3,4)(H,5,6). The Labute approximate surface area is 178 Å². The van der Waals surface area contributed by atoms with Crippen molar-refractivity contribution in [3.63, 3.8) is 0 Å². The van der Waals surface area contributed by atoms with Crippen LogP contribution in [0.2, 0.25) is 0 Å². The number of carbonyl (C=O) groups is 2. The number of benzene rings is 2. The summed E-state index contributed by atoms with van der Waals surface area (Å²) in [6, 6.07) is 18.5. The van der Waals surface area contributed by atoms with Crippen LogP contribution in [-0.2, 0) is 20.9 Å². The lowest BCUT2D eigenvalue weighted by molar-refractivity contribution is -0.159. The minimum Gasteiger partial charge on any atom is -0.491 e. The number of hydrogen-bond acceptors (Lipinski definition) is 5. The van der Waals surface area contributed by atoms with E-state index in [1.54, 1.807) is 0 Å². The first kappa shape index (κ1) is 23.9. The zero-order valence-corrected chi connectivity index (χ0v) is 17.7. The van der Waals surface area contributed by atoms with Gasteiger partial charge in [0.2, 0.25) is 0 Å². The Hall–Kier alpha value is -2.17. The maximum Gasteiger partial charge on any atom is 0.414 e. The first-order valence-electron chi connectivity index (χ1n) is 8.53. The van der Waals surface area contributed by atoms with E-state index in [0.29, 0.717) is 13.2 Å². The quantitative estimate of drug-likeness (QED) is 0.310. The molecular formula is C20H24INO6. The van der Waals surface area contributed by atoms with Crippen molar-refractivity contribution in [3.05, 3.63) is 63.7 Å². The van der Waals surface area contributed by atoms with E-state index in [4.69, 9.17) is 29.3 Å². The number of aliphatic carboxylic acids is 2. The second-order valence-electron chi connectivity index (χ2n) is 5.75. The van der Waals surface area contributed by atoms with E-state index in [0.717, 1.165) is 25.4 Å².